The minimum atomic E-state index is -0.345. The van der Waals surface area contributed by atoms with E-state index in [1.807, 2.05) is 0 Å². The van der Waals surface area contributed by atoms with Gasteiger partial charge in [0, 0.05) is 16.5 Å². The Kier molecular flexibility index (Phi) is 2.93. The maximum Gasteiger partial charge on any atom is 0.134 e. The number of nitrogen functional groups attached to an aromatic ring is 1. The molecule has 1 aromatic heterocycles. The topological polar surface area (TPSA) is 60.2 Å². The lowest BCUT2D eigenvalue weighted by Gasteiger charge is -2.21. The Bertz CT molecular complexity index is 632. The SMILES string of the molecule is NNc1c2c(nc3c(Br)ccc(F)c13)CCOC2. The second-order valence-electron chi connectivity index (χ2n) is 4.11. The molecule has 1 aliphatic rings. The van der Waals surface area contributed by atoms with E-state index in [4.69, 9.17) is 10.6 Å². The van der Waals surface area contributed by atoms with Crippen molar-refractivity contribution in [2.45, 2.75) is 13.0 Å². The summed E-state index contributed by atoms with van der Waals surface area (Å²) < 4.78 is 20.1. The van der Waals surface area contributed by atoms with Crippen molar-refractivity contribution in [3.63, 3.8) is 0 Å². The Morgan fingerprint density at radius 3 is 3.06 bits per heavy atom. The maximum atomic E-state index is 14.0. The van der Waals surface area contributed by atoms with Crippen molar-refractivity contribution in [2.24, 2.45) is 5.84 Å². The smallest absolute Gasteiger partial charge is 0.134 e. The van der Waals surface area contributed by atoms with Gasteiger partial charge >= 0.3 is 0 Å². The van der Waals surface area contributed by atoms with Crippen molar-refractivity contribution in [2.75, 3.05) is 12.0 Å². The lowest BCUT2D eigenvalue weighted by atomic mass is 10.0. The quantitative estimate of drug-likeness (QED) is 0.627. The standard InChI is InChI=1S/C12H11BrFN3O/c13-7-1-2-8(14)10-11(17-15)6-5-18-4-3-9(6)16-12(7)10/h1-2H,3-5,15H2,(H,16,17). The van der Waals surface area contributed by atoms with Crippen molar-refractivity contribution in [3.8, 4) is 0 Å². The van der Waals surface area contributed by atoms with Gasteiger partial charge in [0.25, 0.3) is 0 Å². The molecule has 2 aromatic rings. The molecule has 4 nitrogen and oxygen atoms in total. The van der Waals surface area contributed by atoms with Gasteiger partial charge in [0.05, 0.1) is 35.5 Å². The molecule has 0 spiro atoms. The highest BCUT2D eigenvalue weighted by Gasteiger charge is 2.21. The van der Waals surface area contributed by atoms with E-state index in [1.54, 1.807) is 6.07 Å². The summed E-state index contributed by atoms with van der Waals surface area (Å²) in [5.41, 5.74) is 5.49. The van der Waals surface area contributed by atoms with Crippen molar-refractivity contribution in [1.29, 1.82) is 0 Å². The summed E-state index contributed by atoms with van der Waals surface area (Å²) >= 11 is 3.39. The third-order valence-corrected chi connectivity index (χ3v) is 3.74. The molecule has 1 aliphatic heterocycles. The molecule has 2 heterocycles. The number of nitrogens with one attached hydrogen (secondary N) is 1. The minimum Gasteiger partial charge on any atom is -0.376 e. The van der Waals surface area contributed by atoms with Crippen LogP contribution in [0.3, 0.4) is 0 Å². The molecule has 3 rings (SSSR count). The summed E-state index contributed by atoms with van der Waals surface area (Å²) in [5.74, 6) is 5.20. The predicted octanol–water partition coefficient (Wildman–Crippen LogP) is 2.49. The summed E-state index contributed by atoms with van der Waals surface area (Å²) in [7, 11) is 0. The molecule has 18 heavy (non-hydrogen) atoms. The number of hydrogen-bond acceptors (Lipinski definition) is 4. The molecule has 0 saturated heterocycles. The number of nitrogens with two attached hydrogens (primary N) is 1. The number of rotatable bonds is 1. The Labute approximate surface area is 111 Å². The van der Waals surface area contributed by atoms with Gasteiger partial charge in [0.2, 0.25) is 0 Å². The zero-order valence-electron chi connectivity index (χ0n) is 9.46. The number of fused-ring (bicyclic) bond motifs is 2. The van der Waals surface area contributed by atoms with Crippen molar-refractivity contribution >= 4 is 32.5 Å². The van der Waals surface area contributed by atoms with Gasteiger partial charge in [-0.05, 0) is 28.1 Å². The fraction of sp³-hybridized carbons (Fsp3) is 0.250. The molecular formula is C12H11BrFN3O. The van der Waals surface area contributed by atoms with Crippen LogP contribution in [0.25, 0.3) is 10.9 Å². The van der Waals surface area contributed by atoms with Gasteiger partial charge < -0.3 is 10.2 Å². The van der Waals surface area contributed by atoms with Gasteiger partial charge in [-0.1, -0.05) is 0 Å². The monoisotopic (exact) mass is 311 g/mol. The van der Waals surface area contributed by atoms with E-state index < -0.39 is 0 Å². The van der Waals surface area contributed by atoms with E-state index >= 15 is 0 Å². The van der Waals surface area contributed by atoms with Crippen LogP contribution in [0.15, 0.2) is 16.6 Å². The largest absolute Gasteiger partial charge is 0.376 e. The summed E-state index contributed by atoms with van der Waals surface area (Å²) in [6.45, 7) is 1.03. The Hall–Kier alpha value is -1.24. The van der Waals surface area contributed by atoms with Gasteiger partial charge in [-0.15, -0.1) is 0 Å². The minimum absolute atomic E-state index is 0.345. The first-order valence-electron chi connectivity index (χ1n) is 5.56. The molecule has 3 N–H and O–H groups in total. The zero-order chi connectivity index (χ0) is 12.7. The number of aromatic nitrogens is 1. The first-order chi connectivity index (χ1) is 8.72. The van der Waals surface area contributed by atoms with Crippen LogP contribution < -0.4 is 11.3 Å². The fourth-order valence-electron chi connectivity index (χ4n) is 2.25. The molecule has 94 valence electrons. The number of nitrogens with zero attached hydrogens (tertiary/aromatic N) is 1. The highest BCUT2D eigenvalue weighted by atomic mass is 79.9. The summed E-state index contributed by atoms with van der Waals surface area (Å²) in [5, 5.41) is 0.399. The number of hydrazine groups is 1. The number of benzene rings is 1. The van der Waals surface area contributed by atoms with Gasteiger partial charge in [-0.25, -0.2) is 4.39 Å². The van der Waals surface area contributed by atoms with Crippen molar-refractivity contribution < 1.29 is 9.13 Å². The molecule has 0 saturated carbocycles. The van der Waals surface area contributed by atoms with Crippen LogP contribution in [-0.4, -0.2) is 11.6 Å². The van der Waals surface area contributed by atoms with Crippen LogP contribution in [0, 0.1) is 5.82 Å². The first kappa shape index (κ1) is 11.8. The lowest BCUT2D eigenvalue weighted by molar-refractivity contribution is 0.110. The van der Waals surface area contributed by atoms with Crippen LogP contribution in [0.2, 0.25) is 0 Å². The average Bonchev–Trinajstić information content (AvgIpc) is 2.41. The molecule has 0 aliphatic carbocycles. The van der Waals surface area contributed by atoms with Crippen molar-refractivity contribution in [3.05, 3.63) is 33.7 Å². The maximum absolute atomic E-state index is 14.0. The Morgan fingerprint density at radius 2 is 2.28 bits per heavy atom. The zero-order valence-corrected chi connectivity index (χ0v) is 11.1. The molecule has 0 fully saturated rings. The number of pyridine rings is 1. The Balaban J connectivity index is 2.44. The van der Waals surface area contributed by atoms with Crippen LogP contribution in [0.4, 0.5) is 10.1 Å². The lowest BCUT2D eigenvalue weighted by Crippen LogP contribution is -2.18. The van der Waals surface area contributed by atoms with Crippen LogP contribution in [0.5, 0.6) is 0 Å². The van der Waals surface area contributed by atoms with Crippen LogP contribution in [-0.2, 0) is 17.8 Å². The second kappa shape index (κ2) is 4.46. The van der Waals surface area contributed by atoms with E-state index in [-0.39, 0.29) is 5.82 Å². The molecule has 0 atom stereocenters. The summed E-state index contributed by atoms with van der Waals surface area (Å²) in [6, 6.07) is 3.04. The van der Waals surface area contributed by atoms with E-state index in [1.165, 1.54) is 6.07 Å². The Morgan fingerprint density at radius 1 is 1.44 bits per heavy atom. The number of halogens is 2. The van der Waals surface area contributed by atoms with E-state index in [9.17, 15) is 4.39 Å². The molecule has 6 heteroatoms. The summed E-state index contributed by atoms with van der Waals surface area (Å²) in [6.07, 6.45) is 0.711. The normalized spacial score (nSPS) is 14.6. The third kappa shape index (κ3) is 1.68. The third-order valence-electron chi connectivity index (χ3n) is 3.10. The number of hydrogen-bond donors (Lipinski definition) is 2. The number of anilines is 1. The molecular weight excluding hydrogens is 301 g/mol. The fourth-order valence-corrected chi connectivity index (χ4v) is 2.67. The molecule has 0 radical (unpaired) electrons. The average molecular weight is 312 g/mol. The van der Waals surface area contributed by atoms with Crippen LogP contribution >= 0.6 is 15.9 Å². The van der Waals surface area contributed by atoms with Gasteiger partial charge in [0.15, 0.2) is 0 Å². The second-order valence-corrected chi connectivity index (χ2v) is 4.97. The van der Waals surface area contributed by atoms with Gasteiger partial charge in [-0.3, -0.25) is 10.8 Å². The van der Waals surface area contributed by atoms with E-state index in [0.717, 1.165) is 15.7 Å². The summed E-state index contributed by atoms with van der Waals surface area (Å²) in [4.78, 5) is 4.52. The molecule has 0 bridgehead atoms. The van der Waals surface area contributed by atoms with E-state index in [2.05, 4.69) is 26.3 Å². The molecule has 0 unspecified atom stereocenters. The first-order valence-corrected chi connectivity index (χ1v) is 6.35. The highest BCUT2D eigenvalue weighted by Crippen LogP contribution is 2.35. The van der Waals surface area contributed by atoms with Gasteiger partial charge in [0.1, 0.15) is 5.82 Å². The van der Waals surface area contributed by atoms with Crippen molar-refractivity contribution in [1.82, 2.24) is 4.98 Å². The predicted molar refractivity (Wildman–Crippen MR) is 70.6 cm³/mol. The van der Waals surface area contributed by atoms with Crippen LogP contribution in [0.1, 0.15) is 11.3 Å². The molecule has 1 aromatic carbocycles. The van der Waals surface area contributed by atoms with Gasteiger partial charge in [-0.2, -0.15) is 0 Å². The number of ether oxygens (including phenoxy) is 1. The highest BCUT2D eigenvalue weighted by molar-refractivity contribution is 9.10. The van der Waals surface area contributed by atoms with E-state index in [0.29, 0.717) is 36.2 Å². The molecule has 0 amide bonds.